The number of anilines is 1. The van der Waals surface area contributed by atoms with Gasteiger partial charge in [-0.1, -0.05) is 25.5 Å². The molecule has 25 heavy (non-hydrogen) atoms. The molecule has 130 valence electrons. The maximum atomic E-state index is 13.0. The number of ketones is 1. The molecule has 3 aromatic rings. The summed E-state index contributed by atoms with van der Waals surface area (Å²) in [5.41, 5.74) is 2.02. The Morgan fingerprint density at radius 3 is 2.76 bits per heavy atom. The monoisotopic (exact) mass is 401 g/mol. The van der Waals surface area contributed by atoms with Crippen molar-refractivity contribution in [3.63, 3.8) is 0 Å². The summed E-state index contributed by atoms with van der Waals surface area (Å²) in [7, 11) is 1.59. The average molecular weight is 402 g/mol. The molecular formula is C20H20BrNO3. The van der Waals surface area contributed by atoms with Crippen LogP contribution in [0.25, 0.3) is 11.0 Å². The smallest absolute Gasteiger partial charge is 0.230 e. The molecule has 4 nitrogen and oxygen atoms in total. The molecular weight excluding hydrogens is 382 g/mol. The standard InChI is InChI=1S/C20H20BrNO3/c1-3-4-11-22-18-14-7-5-6-8-16(14)25-20(18)19(23)13-9-10-17(24-2)15(21)12-13/h5-10,12,22H,3-4,11H2,1-2H3. The normalized spacial score (nSPS) is 10.8. The summed E-state index contributed by atoms with van der Waals surface area (Å²) in [5.74, 6) is 0.871. The third-order valence-corrected chi connectivity index (χ3v) is 4.67. The number of carbonyl (C=O) groups excluding carboxylic acids is 1. The van der Waals surface area contributed by atoms with Crippen molar-refractivity contribution in [2.45, 2.75) is 19.8 Å². The van der Waals surface area contributed by atoms with Gasteiger partial charge < -0.3 is 14.5 Å². The second-order valence-electron chi connectivity index (χ2n) is 5.76. The highest BCUT2D eigenvalue weighted by Crippen LogP contribution is 2.34. The number of hydrogen-bond acceptors (Lipinski definition) is 4. The molecule has 0 bridgehead atoms. The second kappa shape index (κ2) is 7.74. The number of fused-ring (bicyclic) bond motifs is 1. The highest BCUT2D eigenvalue weighted by Gasteiger charge is 2.22. The first-order chi connectivity index (χ1) is 12.2. The van der Waals surface area contributed by atoms with Crippen molar-refractivity contribution < 1.29 is 13.9 Å². The number of benzene rings is 2. The third kappa shape index (κ3) is 3.56. The lowest BCUT2D eigenvalue weighted by atomic mass is 10.1. The molecule has 0 atom stereocenters. The molecule has 0 spiro atoms. The third-order valence-electron chi connectivity index (χ3n) is 4.05. The number of furan rings is 1. The molecule has 0 aliphatic carbocycles. The van der Waals surface area contributed by atoms with Crippen LogP contribution in [0.4, 0.5) is 5.69 Å². The molecule has 0 saturated heterocycles. The summed E-state index contributed by atoms with van der Waals surface area (Å²) in [5, 5.41) is 4.30. The number of para-hydroxylation sites is 1. The van der Waals surface area contributed by atoms with Crippen LogP contribution in [-0.2, 0) is 0 Å². The fourth-order valence-electron chi connectivity index (χ4n) is 2.71. The van der Waals surface area contributed by atoms with Crippen LogP contribution < -0.4 is 10.1 Å². The Bertz CT molecular complexity index is 901. The predicted octanol–water partition coefficient (Wildman–Crippen LogP) is 5.65. The van der Waals surface area contributed by atoms with Crippen molar-refractivity contribution in [3.05, 3.63) is 58.3 Å². The quantitative estimate of drug-likeness (QED) is 0.410. The summed E-state index contributed by atoms with van der Waals surface area (Å²) in [6.07, 6.45) is 2.11. The minimum absolute atomic E-state index is 0.154. The summed E-state index contributed by atoms with van der Waals surface area (Å²) < 4.78 is 11.8. The largest absolute Gasteiger partial charge is 0.496 e. The van der Waals surface area contributed by atoms with Gasteiger partial charge in [0.1, 0.15) is 11.3 Å². The summed E-state index contributed by atoms with van der Waals surface area (Å²) in [6, 6.07) is 13.0. The van der Waals surface area contributed by atoms with Gasteiger partial charge in [-0.25, -0.2) is 0 Å². The van der Waals surface area contributed by atoms with E-state index in [9.17, 15) is 4.79 Å². The van der Waals surface area contributed by atoms with Crippen molar-refractivity contribution in [3.8, 4) is 5.75 Å². The molecule has 1 heterocycles. The fraction of sp³-hybridized carbons (Fsp3) is 0.250. The first kappa shape index (κ1) is 17.5. The number of hydrogen-bond donors (Lipinski definition) is 1. The van der Waals surface area contributed by atoms with E-state index in [1.54, 1.807) is 25.3 Å². The second-order valence-corrected chi connectivity index (χ2v) is 6.62. The predicted molar refractivity (Wildman–Crippen MR) is 104 cm³/mol. The summed E-state index contributed by atoms with van der Waals surface area (Å²) in [6.45, 7) is 2.93. The number of nitrogens with one attached hydrogen (secondary N) is 1. The van der Waals surface area contributed by atoms with Crippen LogP contribution in [0.2, 0.25) is 0 Å². The molecule has 5 heteroatoms. The van der Waals surface area contributed by atoms with Gasteiger partial charge in [-0.15, -0.1) is 0 Å². The van der Waals surface area contributed by atoms with Crippen molar-refractivity contribution in [1.29, 1.82) is 0 Å². The minimum Gasteiger partial charge on any atom is -0.496 e. The Labute approximate surface area is 155 Å². The van der Waals surface area contributed by atoms with Gasteiger partial charge in [-0.2, -0.15) is 0 Å². The van der Waals surface area contributed by atoms with Crippen molar-refractivity contribution in [2.75, 3.05) is 19.0 Å². The molecule has 0 saturated carbocycles. The van der Waals surface area contributed by atoms with Crippen LogP contribution in [0, 0.1) is 0 Å². The van der Waals surface area contributed by atoms with Crippen LogP contribution in [0.1, 0.15) is 35.9 Å². The van der Waals surface area contributed by atoms with E-state index in [-0.39, 0.29) is 5.78 Å². The number of rotatable bonds is 7. The number of halogens is 1. The zero-order valence-corrected chi connectivity index (χ0v) is 15.9. The average Bonchev–Trinajstić information content (AvgIpc) is 3.00. The van der Waals surface area contributed by atoms with E-state index >= 15 is 0 Å². The van der Waals surface area contributed by atoms with E-state index in [1.165, 1.54) is 0 Å². The number of carbonyl (C=O) groups is 1. The summed E-state index contributed by atoms with van der Waals surface area (Å²) >= 11 is 3.43. The molecule has 2 aromatic carbocycles. The number of methoxy groups -OCH3 is 1. The Morgan fingerprint density at radius 1 is 1.24 bits per heavy atom. The first-order valence-corrected chi connectivity index (χ1v) is 9.08. The first-order valence-electron chi connectivity index (χ1n) is 8.29. The van der Waals surface area contributed by atoms with E-state index < -0.39 is 0 Å². The zero-order chi connectivity index (χ0) is 17.8. The van der Waals surface area contributed by atoms with E-state index in [0.29, 0.717) is 22.7 Å². The van der Waals surface area contributed by atoms with Crippen molar-refractivity contribution in [1.82, 2.24) is 0 Å². The van der Waals surface area contributed by atoms with Crippen LogP contribution in [0.5, 0.6) is 5.75 Å². The summed E-state index contributed by atoms with van der Waals surface area (Å²) in [4.78, 5) is 13.0. The molecule has 3 rings (SSSR count). The van der Waals surface area contributed by atoms with Gasteiger partial charge >= 0.3 is 0 Å². The maximum absolute atomic E-state index is 13.0. The highest BCUT2D eigenvalue weighted by atomic mass is 79.9. The molecule has 0 aliphatic heterocycles. The van der Waals surface area contributed by atoms with Crippen LogP contribution in [0.3, 0.4) is 0 Å². The van der Waals surface area contributed by atoms with Gasteiger partial charge in [0.15, 0.2) is 5.76 Å². The lowest BCUT2D eigenvalue weighted by Gasteiger charge is -2.08. The molecule has 0 radical (unpaired) electrons. The minimum atomic E-state index is -0.154. The van der Waals surface area contributed by atoms with E-state index in [1.807, 2.05) is 24.3 Å². The van der Waals surface area contributed by atoms with Gasteiger partial charge in [-0.3, -0.25) is 4.79 Å². The molecule has 0 amide bonds. The van der Waals surface area contributed by atoms with Gasteiger partial charge in [0.05, 0.1) is 17.3 Å². The van der Waals surface area contributed by atoms with Crippen LogP contribution in [0.15, 0.2) is 51.4 Å². The van der Waals surface area contributed by atoms with Gasteiger partial charge in [-0.05, 0) is 52.7 Å². The number of unbranched alkanes of at least 4 members (excludes halogenated alkanes) is 1. The van der Waals surface area contributed by atoms with Crippen LogP contribution >= 0.6 is 15.9 Å². The van der Waals surface area contributed by atoms with E-state index in [2.05, 4.69) is 28.2 Å². The number of ether oxygens (including phenoxy) is 1. The van der Waals surface area contributed by atoms with Gasteiger partial charge in [0.25, 0.3) is 0 Å². The molecule has 0 aliphatic rings. The van der Waals surface area contributed by atoms with Crippen LogP contribution in [-0.4, -0.2) is 19.4 Å². The maximum Gasteiger partial charge on any atom is 0.230 e. The van der Waals surface area contributed by atoms with Crippen molar-refractivity contribution >= 4 is 38.4 Å². The Morgan fingerprint density at radius 2 is 2.04 bits per heavy atom. The van der Waals surface area contributed by atoms with E-state index in [4.69, 9.17) is 9.15 Å². The lowest BCUT2D eigenvalue weighted by Crippen LogP contribution is -2.07. The van der Waals surface area contributed by atoms with Gasteiger partial charge in [0.2, 0.25) is 5.78 Å². The topological polar surface area (TPSA) is 51.5 Å². The zero-order valence-electron chi connectivity index (χ0n) is 14.3. The lowest BCUT2D eigenvalue weighted by molar-refractivity contribution is 0.101. The fourth-order valence-corrected chi connectivity index (χ4v) is 3.25. The molecule has 0 unspecified atom stereocenters. The SMILES string of the molecule is CCCCNc1c(C(=O)c2ccc(OC)c(Br)c2)oc2ccccc12. The van der Waals surface area contributed by atoms with Crippen molar-refractivity contribution in [2.24, 2.45) is 0 Å². The Balaban J connectivity index is 2.02. The molecule has 1 N–H and O–H groups in total. The molecule has 0 fully saturated rings. The Kier molecular flexibility index (Phi) is 5.43. The van der Waals surface area contributed by atoms with Gasteiger partial charge in [0, 0.05) is 17.5 Å². The highest BCUT2D eigenvalue weighted by molar-refractivity contribution is 9.10. The molecule has 1 aromatic heterocycles. The Hall–Kier alpha value is -2.27. The van der Waals surface area contributed by atoms with E-state index in [0.717, 1.165) is 34.9 Å².